The van der Waals surface area contributed by atoms with Crippen LogP contribution in [0.4, 0.5) is 5.13 Å². The third-order valence-electron chi connectivity index (χ3n) is 15.2. The summed E-state index contributed by atoms with van der Waals surface area (Å²) in [6.07, 6.45) is 20.6. The summed E-state index contributed by atoms with van der Waals surface area (Å²) in [7, 11) is 1.71. The Hall–Kier alpha value is -7.70. The summed E-state index contributed by atoms with van der Waals surface area (Å²) in [4.78, 5) is 79.6. The van der Waals surface area contributed by atoms with Gasteiger partial charge in [0.2, 0.25) is 5.13 Å². The van der Waals surface area contributed by atoms with Crippen LogP contribution in [0, 0.1) is 11.8 Å². The molecule has 1 aromatic heterocycles. The third-order valence-corrected chi connectivity index (χ3v) is 16.2. The Morgan fingerprint density at radius 3 is 1.72 bits per heavy atom. The van der Waals surface area contributed by atoms with Gasteiger partial charge in [-0.2, -0.15) is 5.10 Å². The van der Waals surface area contributed by atoms with E-state index < -0.39 is 35.9 Å². The van der Waals surface area contributed by atoms with Crippen LogP contribution >= 0.6 is 11.3 Å². The van der Waals surface area contributed by atoms with E-state index in [-0.39, 0.29) is 35.3 Å². The standard InChI is InChI=1S/C64H77N3O13S.C3H4O/c1-3-59(68)76-42-16-7-6-15-41-75-51-33-35-54(36-34-51)78-61(70)46-25-31-53(32-26-46)79-63(72)56-38-37-55(43-48(56)44-65-67(49-17-9-8-10-18-49)64-66-57-19-11-12-20-58(57)81-64)80-62(71)47-23-29-52(30-24-47)77-60(69)45-21-27-50(28-22-45)74-40-14-5-4-13-39-73-2;1-2-3-4/h3,11-12,19-22,27-28,33-38,43-44,46-47,49,52-53H,1,4-10,13-18,23-26,29-32,39-42H2,2H3;2-3H,1H2/b65-44+;. The van der Waals surface area contributed by atoms with Crippen molar-refractivity contribution in [2.45, 2.75) is 153 Å². The number of unbranched alkanes of at least 4 members (excludes halogenated alkanes) is 6. The van der Waals surface area contributed by atoms with Gasteiger partial charge in [0.15, 0.2) is 0 Å². The van der Waals surface area contributed by atoms with Gasteiger partial charge in [0.1, 0.15) is 41.5 Å². The lowest BCUT2D eigenvalue weighted by Gasteiger charge is -2.30. The first kappa shape index (κ1) is 64.9. The molecule has 0 radical (unpaired) electrons. The first-order chi connectivity index (χ1) is 41.5. The van der Waals surface area contributed by atoms with Gasteiger partial charge in [-0.25, -0.2) is 24.4 Å². The van der Waals surface area contributed by atoms with Gasteiger partial charge in [-0.1, -0.05) is 62.3 Å². The molecular weight excluding hydrogens is 1100 g/mol. The summed E-state index contributed by atoms with van der Waals surface area (Å²) < 4.78 is 46.7. The van der Waals surface area contributed by atoms with Crippen molar-refractivity contribution in [2.75, 3.05) is 38.5 Å². The summed E-state index contributed by atoms with van der Waals surface area (Å²) in [6, 6.07) is 27.0. The number of esters is 5. The van der Waals surface area contributed by atoms with Crippen LogP contribution in [0.3, 0.4) is 0 Å². The number of aldehydes is 1. The Morgan fingerprint density at radius 1 is 0.612 bits per heavy atom. The molecule has 18 heteroatoms. The highest BCUT2D eigenvalue weighted by Crippen LogP contribution is 2.36. The fourth-order valence-electron chi connectivity index (χ4n) is 10.4. The van der Waals surface area contributed by atoms with Crippen molar-refractivity contribution in [3.63, 3.8) is 0 Å². The molecule has 454 valence electrons. The summed E-state index contributed by atoms with van der Waals surface area (Å²) in [5.74, 6) is -0.792. The second kappa shape index (κ2) is 35.6. The predicted molar refractivity (Wildman–Crippen MR) is 327 cm³/mol. The SMILES string of the molecule is C=CC(=O)OCCCCCCOc1ccc(OC(=O)C2CCC(OC(=O)c3ccc(OC(=O)C4CCC(OC(=O)c5ccc(OCCCCCCOC)cc5)CC4)cc3/C=N/N(c3nc4ccccc4s3)C3CCCCC3)CC2)cc1.C=CC=O. The van der Waals surface area contributed by atoms with E-state index in [9.17, 15) is 24.0 Å². The van der Waals surface area contributed by atoms with Crippen molar-refractivity contribution < 1.29 is 66.7 Å². The number of fused-ring (bicyclic) bond motifs is 1. The highest BCUT2D eigenvalue weighted by molar-refractivity contribution is 7.22. The number of thiazole rings is 1. The van der Waals surface area contributed by atoms with Gasteiger partial charge in [0.05, 0.1) is 65.3 Å². The van der Waals surface area contributed by atoms with Crippen LogP contribution < -0.4 is 24.0 Å². The molecule has 0 aliphatic heterocycles. The predicted octanol–water partition coefficient (Wildman–Crippen LogP) is 13.7. The number of nitrogens with zero attached hydrogens (tertiary/aromatic N) is 3. The molecule has 3 aliphatic carbocycles. The molecule has 0 atom stereocenters. The number of allylic oxidation sites excluding steroid dienone is 1. The summed E-state index contributed by atoms with van der Waals surface area (Å²) in [5.41, 5.74) is 2.01. The number of ether oxygens (including phenoxy) is 8. The van der Waals surface area contributed by atoms with Gasteiger partial charge in [-0.05, 0) is 194 Å². The fourth-order valence-corrected chi connectivity index (χ4v) is 11.4. The summed E-state index contributed by atoms with van der Waals surface area (Å²) in [6.45, 7) is 8.80. The lowest BCUT2D eigenvalue weighted by Crippen LogP contribution is -2.32. The first-order valence-corrected chi connectivity index (χ1v) is 30.8. The molecule has 0 amide bonds. The first-order valence-electron chi connectivity index (χ1n) is 30.0. The van der Waals surface area contributed by atoms with Crippen LogP contribution in [0.1, 0.15) is 161 Å². The molecule has 8 rings (SSSR count). The maximum atomic E-state index is 14.2. The van der Waals surface area contributed by atoms with Gasteiger partial charge < -0.3 is 37.9 Å². The molecule has 1 heterocycles. The Morgan fingerprint density at radius 2 is 1.14 bits per heavy atom. The van der Waals surface area contributed by atoms with E-state index in [1.807, 2.05) is 29.3 Å². The number of hydrogen-bond acceptors (Lipinski definition) is 18. The highest BCUT2D eigenvalue weighted by Gasteiger charge is 2.33. The molecule has 17 nitrogen and oxygen atoms in total. The van der Waals surface area contributed by atoms with E-state index in [2.05, 4.69) is 13.2 Å². The van der Waals surface area contributed by atoms with Crippen LogP contribution in [0.2, 0.25) is 0 Å². The second-order valence-corrected chi connectivity index (χ2v) is 22.5. The molecule has 0 N–H and O–H groups in total. The third kappa shape index (κ3) is 21.4. The molecule has 3 aliphatic rings. The Balaban J connectivity index is 0.00000251. The number of carbonyl (C=O) groups is 6. The molecule has 4 aromatic carbocycles. The zero-order chi connectivity index (χ0) is 60.0. The minimum Gasteiger partial charge on any atom is -0.494 e. The van der Waals surface area contributed by atoms with Crippen molar-refractivity contribution in [1.82, 2.24) is 4.98 Å². The lowest BCUT2D eigenvalue weighted by atomic mass is 9.87. The number of carbonyl (C=O) groups excluding carboxylic acids is 6. The van der Waals surface area contributed by atoms with Crippen molar-refractivity contribution >= 4 is 69.0 Å². The van der Waals surface area contributed by atoms with Crippen molar-refractivity contribution in [3.05, 3.63) is 133 Å². The van der Waals surface area contributed by atoms with E-state index in [4.69, 9.17) is 52.8 Å². The number of hydrogen-bond donors (Lipinski definition) is 0. The molecule has 0 unspecified atom stereocenters. The molecule has 3 saturated carbocycles. The highest BCUT2D eigenvalue weighted by atomic mass is 32.1. The molecule has 85 heavy (non-hydrogen) atoms. The number of anilines is 1. The zero-order valence-electron chi connectivity index (χ0n) is 48.9. The van der Waals surface area contributed by atoms with E-state index in [0.29, 0.717) is 106 Å². The van der Waals surface area contributed by atoms with Crippen LogP contribution in [-0.2, 0) is 38.1 Å². The molecular formula is C67H81N3O14S. The molecule has 0 saturated heterocycles. The smallest absolute Gasteiger partial charge is 0.339 e. The number of methoxy groups -OCH3 is 1. The van der Waals surface area contributed by atoms with E-state index in [1.165, 1.54) is 6.08 Å². The van der Waals surface area contributed by atoms with Crippen LogP contribution in [0.25, 0.3) is 10.2 Å². The van der Waals surface area contributed by atoms with Gasteiger partial charge in [-0.3, -0.25) is 14.4 Å². The monoisotopic (exact) mass is 1180 g/mol. The largest absolute Gasteiger partial charge is 0.494 e. The number of rotatable bonds is 30. The zero-order valence-corrected chi connectivity index (χ0v) is 49.7. The lowest BCUT2D eigenvalue weighted by molar-refractivity contribution is -0.141. The number of hydrazone groups is 1. The van der Waals surface area contributed by atoms with Crippen molar-refractivity contribution in [3.8, 4) is 23.0 Å². The molecule has 5 aromatic rings. The molecule has 0 bridgehead atoms. The van der Waals surface area contributed by atoms with Gasteiger partial charge in [0.25, 0.3) is 0 Å². The minimum atomic E-state index is -0.546. The van der Waals surface area contributed by atoms with E-state index in [0.717, 1.165) is 112 Å². The summed E-state index contributed by atoms with van der Waals surface area (Å²) >= 11 is 1.57. The van der Waals surface area contributed by atoms with Crippen LogP contribution in [0.15, 0.2) is 121 Å². The van der Waals surface area contributed by atoms with Crippen LogP contribution in [0.5, 0.6) is 23.0 Å². The molecule has 0 spiro atoms. The number of aromatic nitrogens is 1. The topological polar surface area (TPSA) is 205 Å². The van der Waals surface area contributed by atoms with E-state index in [1.54, 1.807) is 91.4 Å². The van der Waals surface area contributed by atoms with Gasteiger partial charge in [-0.15, -0.1) is 0 Å². The average Bonchev–Trinajstić information content (AvgIpc) is 3.89. The van der Waals surface area contributed by atoms with E-state index >= 15 is 0 Å². The molecule has 3 fully saturated rings. The number of benzene rings is 4. The second-order valence-electron chi connectivity index (χ2n) is 21.5. The van der Waals surface area contributed by atoms with Crippen LogP contribution in [-0.4, -0.2) is 99.1 Å². The Kier molecular flexibility index (Phi) is 27.1. The van der Waals surface area contributed by atoms with Crippen molar-refractivity contribution in [1.29, 1.82) is 0 Å². The fraction of sp³-hybridized carbons (Fsp3) is 0.463. The maximum absolute atomic E-state index is 14.2. The van der Waals surface area contributed by atoms with Gasteiger partial charge >= 0.3 is 29.8 Å². The summed E-state index contributed by atoms with van der Waals surface area (Å²) in [5, 5.41) is 7.79. The number of para-hydroxylation sites is 1. The minimum absolute atomic E-state index is 0.106. The Labute approximate surface area is 503 Å². The average molecular weight is 1180 g/mol. The Bertz CT molecular complexity index is 2920. The normalized spacial score (nSPS) is 17.8. The maximum Gasteiger partial charge on any atom is 0.339 e. The van der Waals surface area contributed by atoms with Gasteiger partial charge in [0, 0.05) is 25.4 Å². The quantitative estimate of drug-likeness (QED) is 0.00613. The van der Waals surface area contributed by atoms with Crippen molar-refractivity contribution in [2.24, 2.45) is 16.9 Å².